The molecule has 4 rings (SSSR count). The van der Waals surface area contributed by atoms with Gasteiger partial charge >= 0.3 is 5.97 Å². The van der Waals surface area contributed by atoms with Crippen LogP contribution in [0.15, 0.2) is 65.6 Å². The Morgan fingerprint density at radius 1 is 1.08 bits per heavy atom. The molecule has 3 heterocycles. The molecule has 0 fully saturated rings. The number of benzene rings is 1. The first kappa shape index (κ1) is 16.2. The number of hydrogen-bond donors (Lipinski definition) is 0. The third kappa shape index (κ3) is 3.14. The summed E-state index contributed by atoms with van der Waals surface area (Å²) < 4.78 is 6.58. The van der Waals surface area contributed by atoms with Gasteiger partial charge in [-0.25, -0.2) is 14.8 Å². The molecule has 0 radical (unpaired) electrons. The lowest BCUT2D eigenvalue weighted by Gasteiger charge is -2.06. The van der Waals surface area contributed by atoms with E-state index in [2.05, 4.69) is 9.97 Å². The predicted octanol–water partition coefficient (Wildman–Crippen LogP) is 3.25. The van der Waals surface area contributed by atoms with Crippen molar-refractivity contribution < 1.29 is 9.53 Å². The number of halogens is 1. The summed E-state index contributed by atoms with van der Waals surface area (Å²) in [6.45, 7) is -0.123. The molecule has 0 spiro atoms. The third-order valence-electron chi connectivity index (χ3n) is 3.84. The van der Waals surface area contributed by atoms with Crippen LogP contribution in [-0.4, -0.2) is 20.3 Å². The quantitative estimate of drug-likeness (QED) is 0.521. The van der Waals surface area contributed by atoms with Crippen LogP contribution in [0.4, 0.5) is 0 Å². The van der Waals surface area contributed by atoms with Crippen molar-refractivity contribution in [2.24, 2.45) is 0 Å². The van der Waals surface area contributed by atoms with Gasteiger partial charge in [-0.1, -0.05) is 35.9 Å². The minimum atomic E-state index is -0.575. The zero-order valence-corrected chi connectivity index (χ0v) is 14.2. The molecule has 0 amide bonds. The lowest BCUT2D eigenvalue weighted by atomic mass is 10.2. The Hall–Kier alpha value is -3.25. The van der Waals surface area contributed by atoms with Gasteiger partial charge in [0.15, 0.2) is 0 Å². The third-order valence-corrected chi connectivity index (χ3v) is 4.06. The fourth-order valence-corrected chi connectivity index (χ4v) is 2.75. The van der Waals surface area contributed by atoms with Crippen LogP contribution < -0.4 is 5.56 Å². The molecule has 0 saturated carbocycles. The van der Waals surface area contributed by atoms with E-state index in [1.165, 1.54) is 16.7 Å². The maximum absolute atomic E-state index is 12.2. The van der Waals surface area contributed by atoms with Gasteiger partial charge in [-0.3, -0.25) is 9.20 Å². The lowest BCUT2D eigenvalue weighted by molar-refractivity contribution is 0.0461. The van der Waals surface area contributed by atoms with Crippen molar-refractivity contribution in [2.75, 3.05) is 0 Å². The number of esters is 1. The van der Waals surface area contributed by atoms with Crippen molar-refractivity contribution in [3.63, 3.8) is 0 Å². The highest BCUT2D eigenvalue weighted by Gasteiger charge is 2.11. The van der Waals surface area contributed by atoms with Crippen LogP contribution in [0.1, 0.15) is 16.2 Å². The van der Waals surface area contributed by atoms with Crippen molar-refractivity contribution in [3.05, 3.63) is 87.6 Å². The Kier molecular flexibility index (Phi) is 4.10. The number of ether oxygens (including phenoxy) is 1. The van der Waals surface area contributed by atoms with E-state index >= 15 is 0 Å². The fraction of sp³-hybridized carbons (Fsp3) is 0.0526. The van der Waals surface area contributed by atoms with Gasteiger partial charge in [-0.15, -0.1) is 0 Å². The summed E-state index contributed by atoms with van der Waals surface area (Å²) >= 11 is 5.88. The second-order valence-corrected chi connectivity index (χ2v) is 6.06. The van der Waals surface area contributed by atoms with Crippen LogP contribution in [0.5, 0.6) is 0 Å². The normalized spacial score (nSPS) is 11.0. The molecule has 0 saturated heterocycles. The number of para-hydroxylation sites is 1. The van der Waals surface area contributed by atoms with E-state index in [0.717, 1.165) is 5.39 Å². The maximum Gasteiger partial charge on any atom is 0.357 e. The first-order chi connectivity index (χ1) is 12.6. The minimum absolute atomic E-state index is 0.123. The summed E-state index contributed by atoms with van der Waals surface area (Å²) in [5.74, 6) is -0.575. The number of nitrogens with zero attached hydrogens (tertiary/aromatic N) is 3. The smallest absolute Gasteiger partial charge is 0.357 e. The summed E-state index contributed by atoms with van der Waals surface area (Å²) in [7, 11) is 0. The molecule has 3 aromatic heterocycles. The molecule has 4 aromatic rings. The molecular formula is C19H12ClN3O3. The highest BCUT2D eigenvalue weighted by Crippen LogP contribution is 2.13. The monoisotopic (exact) mass is 365 g/mol. The number of aromatic nitrogens is 3. The Balaban J connectivity index is 1.56. The standard InChI is InChI=1S/C19H12ClN3O3/c20-13-6-8-17-21-14(9-18(24)23(17)10-13)11-26-19(25)16-7-5-12-3-1-2-4-15(12)22-16/h1-10H,11H2. The number of hydrogen-bond acceptors (Lipinski definition) is 5. The van der Waals surface area contributed by atoms with Gasteiger partial charge in [0, 0.05) is 17.6 Å². The molecule has 0 aliphatic rings. The summed E-state index contributed by atoms with van der Waals surface area (Å²) in [5.41, 5.74) is 1.39. The molecule has 1 aromatic carbocycles. The number of carbonyl (C=O) groups is 1. The molecule has 0 aliphatic carbocycles. The van der Waals surface area contributed by atoms with Crippen LogP contribution in [0.25, 0.3) is 16.6 Å². The first-order valence-electron chi connectivity index (χ1n) is 7.81. The van der Waals surface area contributed by atoms with Crippen LogP contribution in [0, 0.1) is 0 Å². The average molecular weight is 366 g/mol. The summed E-state index contributed by atoms with van der Waals surface area (Å²) in [6, 6.07) is 15.5. The molecule has 0 aliphatic heterocycles. The van der Waals surface area contributed by atoms with Crippen LogP contribution >= 0.6 is 11.6 Å². The van der Waals surface area contributed by atoms with Gasteiger partial charge < -0.3 is 4.74 Å². The zero-order chi connectivity index (χ0) is 18.1. The highest BCUT2D eigenvalue weighted by molar-refractivity contribution is 6.30. The van der Waals surface area contributed by atoms with Crippen molar-refractivity contribution >= 4 is 34.1 Å². The summed E-state index contributed by atoms with van der Waals surface area (Å²) in [6.07, 6.45) is 1.49. The number of rotatable bonds is 3. The zero-order valence-electron chi connectivity index (χ0n) is 13.4. The second kappa shape index (κ2) is 6.57. The molecule has 6 nitrogen and oxygen atoms in total. The molecule has 26 heavy (non-hydrogen) atoms. The van der Waals surface area contributed by atoms with Crippen LogP contribution in [0.3, 0.4) is 0 Å². The number of carbonyl (C=O) groups excluding carboxylic acids is 1. The lowest BCUT2D eigenvalue weighted by Crippen LogP contribution is -2.16. The fourth-order valence-electron chi connectivity index (χ4n) is 2.59. The minimum Gasteiger partial charge on any atom is -0.454 e. The van der Waals surface area contributed by atoms with Crippen molar-refractivity contribution in [2.45, 2.75) is 6.61 Å². The highest BCUT2D eigenvalue weighted by atomic mass is 35.5. The first-order valence-corrected chi connectivity index (χ1v) is 8.19. The second-order valence-electron chi connectivity index (χ2n) is 5.63. The number of pyridine rings is 2. The molecule has 128 valence electrons. The van der Waals surface area contributed by atoms with E-state index < -0.39 is 5.97 Å². The summed E-state index contributed by atoms with van der Waals surface area (Å²) in [5, 5.41) is 1.37. The van der Waals surface area contributed by atoms with Crippen LogP contribution in [0.2, 0.25) is 5.02 Å². The molecule has 0 unspecified atom stereocenters. The summed E-state index contributed by atoms with van der Waals surface area (Å²) in [4.78, 5) is 33.0. The van der Waals surface area contributed by atoms with Gasteiger partial charge in [0.1, 0.15) is 17.9 Å². The van der Waals surface area contributed by atoms with Crippen molar-refractivity contribution in [1.82, 2.24) is 14.4 Å². The van der Waals surface area contributed by atoms with Gasteiger partial charge in [-0.2, -0.15) is 0 Å². The SMILES string of the molecule is O=C(OCc1cc(=O)n2cc(Cl)ccc2n1)c1ccc2ccccc2n1. The number of fused-ring (bicyclic) bond motifs is 2. The van der Waals surface area contributed by atoms with Gasteiger partial charge in [0.25, 0.3) is 5.56 Å². The Bertz CT molecular complexity index is 1200. The average Bonchev–Trinajstić information content (AvgIpc) is 2.66. The van der Waals surface area contributed by atoms with Gasteiger partial charge in [0.05, 0.1) is 16.2 Å². The Morgan fingerprint density at radius 3 is 2.81 bits per heavy atom. The van der Waals surface area contributed by atoms with E-state index in [9.17, 15) is 9.59 Å². The molecular weight excluding hydrogens is 354 g/mol. The van der Waals surface area contributed by atoms with E-state index in [4.69, 9.17) is 16.3 Å². The van der Waals surface area contributed by atoms with Crippen molar-refractivity contribution in [1.29, 1.82) is 0 Å². The van der Waals surface area contributed by atoms with Crippen molar-refractivity contribution in [3.8, 4) is 0 Å². The van der Waals surface area contributed by atoms with E-state index in [1.54, 1.807) is 18.2 Å². The molecule has 0 bridgehead atoms. The van der Waals surface area contributed by atoms with Crippen LogP contribution in [-0.2, 0) is 11.3 Å². The Labute approximate surface area is 152 Å². The molecule has 0 N–H and O–H groups in total. The largest absolute Gasteiger partial charge is 0.454 e. The topological polar surface area (TPSA) is 73.6 Å². The molecule has 0 atom stereocenters. The van der Waals surface area contributed by atoms with E-state index in [-0.39, 0.29) is 17.9 Å². The predicted molar refractivity (Wildman–Crippen MR) is 97.3 cm³/mol. The van der Waals surface area contributed by atoms with Gasteiger partial charge in [0.2, 0.25) is 0 Å². The maximum atomic E-state index is 12.2. The molecule has 7 heteroatoms. The Morgan fingerprint density at radius 2 is 1.92 bits per heavy atom. The van der Waals surface area contributed by atoms with E-state index in [0.29, 0.717) is 21.9 Å². The van der Waals surface area contributed by atoms with E-state index in [1.807, 2.05) is 30.3 Å². The van der Waals surface area contributed by atoms with Gasteiger partial charge in [-0.05, 0) is 24.3 Å².